The van der Waals surface area contributed by atoms with Gasteiger partial charge in [-0.15, -0.1) is 0 Å². The number of carbonyl (C=O) groups is 1. The lowest BCUT2D eigenvalue weighted by atomic mass is 9.86. The fraction of sp³-hybridized carbons (Fsp3) is 0.435. The van der Waals surface area contributed by atoms with Crippen LogP contribution in [0.3, 0.4) is 0 Å². The molecule has 2 aromatic rings. The average molecular weight is 367 g/mol. The van der Waals surface area contributed by atoms with E-state index in [1.165, 1.54) is 5.56 Å². The molecule has 4 heteroatoms. The summed E-state index contributed by atoms with van der Waals surface area (Å²) < 4.78 is 5.54. The van der Waals surface area contributed by atoms with Crippen molar-refractivity contribution >= 4 is 5.91 Å². The lowest BCUT2D eigenvalue weighted by Gasteiger charge is -2.40. The highest BCUT2D eigenvalue weighted by molar-refractivity contribution is 5.94. The van der Waals surface area contributed by atoms with Gasteiger partial charge in [0.1, 0.15) is 5.75 Å². The number of para-hydroxylation sites is 1. The van der Waals surface area contributed by atoms with Gasteiger partial charge in [0.15, 0.2) is 0 Å². The second-order valence-corrected chi connectivity index (χ2v) is 8.32. The highest BCUT2D eigenvalue weighted by Gasteiger charge is 2.30. The van der Waals surface area contributed by atoms with E-state index in [2.05, 4.69) is 50.9 Å². The predicted molar refractivity (Wildman–Crippen MR) is 109 cm³/mol. The van der Waals surface area contributed by atoms with Crippen LogP contribution in [0.2, 0.25) is 0 Å². The predicted octanol–water partition coefficient (Wildman–Crippen LogP) is 4.12. The van der Waals surface area contributed by atoms with Gasteiger partial charge in [0.25, 0.3) is 5.91 Å². The van der Waals surface area contributed by atoms with E-state index in [9.17, 15) is 4.79 Å². The number of carbonyl (C=O) groups excluding carboxylic acids is 1. The van der Waals surface area contributed by atoms with Crippen LogP contribution in [0.15, 0.2) is 48.5 Å². The summed E-state index contributed by atoms with van der Waals surface area (Å²) in [4.78, 5) is 17.3. The minimum atomic E-state index is 0.0877. The Bertz CT molecular complexity index is 793. The zero-order valence-electron chi connectivity index (χ0n) is 17.0. The maximum absolute atomic E-state index is 13.1. The van der Waals surface area contributed by atoms with Crippen molar-refractivity contribution in [2.45, 2.75) is 32.2 Å². The smallest absolute Gasteiger partial charge is 0.253 e. The molecule has 4 nitrogen and oxygen atoms in total. The number of methoxy groups -OCH3 is 1. The highest BCUT2D eigenvalue weighted by Crippen LogP contribution is 2.31. The number of rotatable bonds is 3. The third kappa shape index (κ3) is 4.16. The van der Waals surface area contributed by atoms with Crippen molar-refractivity contribution in [1.82, 2.24) is 9.80 Å². The zero-order chi connectivity index (χ0) is 19.6. The van der Waals surface area contributed by atoms with E-state index in [-0.39, 0.29) is 17.4 Å². The summed E-state index contributed by atoms with van der Waals surface area (Å²) in [5.74, 6) is 0.974. The van der Waals surface area contributed by atoms with Gasteiger partial charge in [-0.2, -0.15) is 0 Å². The van der Waals surface area contributed by atoms with Crippen molar-refractivity contribution in [3.63, 3.8) is 0 Å². The van der Waals surface area contributed by atoms with Crippen LogP contribution in [0.5, 0.6) is 5.75 Å². The minimum absolute atomic E-state index is 0.0877. The molecule has 27 heavy (non-hydrogen) atoms. The Morgan fingerprint density at radius 1 is 1.04 bits per heavy atom. The number of nitrogens with zero attached hydrogens (tertiary/aromatic N) is 2. The van der Waals surface area contributed by atoms with Gasteiger partial charge in [-0.1, -0.05) is 51.1 Å². The monoisotopic (exact) mass is 366 g/mol. The molecule has 0 N–H and O–H groups in total. The van der Waals surface area contributed by atoms with Gasteiger partial charge in [-0.05, 0) is 36.2 Å². The Labute approximate surface area is 162 Å². The number of benzene rings is 2. The molecule has 1 aliphatic heterocycles. The molecule has 0 radical (unpaired) electrons. The first-order valence-electron chi connectivity index (χ1n) is 9.54. The molecule has 1 heterocycles. The first-order chi connectivity index (χ1) is 12.8. The largest absolute Gasteiger partial charge is 0.496 e. The molecule has 1 aliphatic rings. The Balaban J connectivity index is 1.80. The number of ether oxygens (including phenoxy) is 1. The SMILES string of the molecule is COc1ccccc1C1CN(C(=O)c2ccc(C(C)(C)C)cc2)CCN1C. The fourth-order valence-corrected chi connectivity index (χ4v) is 3.63. The molecule has 1 fully saturated rings. The maximum Gasteiger partial charge on any atom is 0.253 e. The summed E-state index contributed by atoms with van der Waals surface area (Å²) in [6.07, 6.45) is 0. The van der Waals surface area contributed by atoms with E-state index in [1.54, 1.807) is 7.11 Å². The Morgan fingerprint density at radius 3 is 2.33 bits per heavy atom. The van der Waals surface area contributed by atoms with E-state index in [0.717, 1.165) is 30.0 Å². The molecule has 0 aromatic heterocycles. The van der Waals surface area contributed by atoms with Gasteiger partial charge in [0.05, 0.1) is 13.2 Å². The Kier molecular flexibility index (Phi) is 5.56. The van der Waals surface area contributed by atoms with E-state index in [0.29, 0.717) is 6.54 Å². The molecule has 3 rings (SSSR count). The zero-order valence-corrected chi connectivity index (χ0v) is 17.0. The van der Waals surface area contributed by atoms with Crippen molar-refractivity contribution in [3.8, 4) is 5.75 Å². The summed E-state index contributed by atoms with van der Waals surface area (Å²) in [5, 5.41) is 0. The van der Waals surface area contributed by atoms with E-state index >= 15 is 0 Å². The third-order valence-corrected chi connectivity index (χ3v) is 5.43. The van der Waals surface area contributed by atoms with Crippen LogP contribution in [-0.4, -0.2) is 49.5 Å². The Morgan fingerprint density at radius 2 is 1.70 bits per heavy atom. The molecule has 144 valence electrons. The summed E-state index contributed by atoms with van der Waals surface area (Å²) in [5.41, 5.74) is 3.21. The fourth-order valence-electron chi connectivity index (χ4n) is 3.63. The van der Waals surface area contributed by atoms with E-state index < -0.39 is 0 Å². The molecule has 0 aliphatic carbocycles. The maximum atomic E-state index is 13.1. The lowest BCUT2D eigenvalue weighted by Crippen LogP contribution is -2.49. The molecule has 0 bridgehead atoms. The molecule has 1 amide bonds. The van der Waals surface area contributed by atoms with Crippen LogP contribution in [0.4, 0.5) is 0 Å². The van der Waals surface area contributed by atoms with Gasteiger partial charge in [0, 0.05) is 30.8 Å². The molecule has 1 unspecified atom stereocenters. The second-order valence-electron chi connectivity index (χ2n) is 8.32. The van der Waals surface area contributed by atoms with Gasteiger partial charge in [-0.25, -0.2) is 0 Å². The minimum Gasteiger partial charge on any atom is -0.496 e. The van der Waals surface area contributed by atoms with Crippen LogP contribution < -0.4 is 4.74 Å². The van der Waals surface area contributed by atoms with Crippen molar-refractivity contribution < 1.29 is 9.53 Å². The number of hydrogen-bond donors (Lipinski definition) is 0. The standard InChI is InChI=1S/C23H30N2O2/c1-23(2,3)18-12-10-17(11-13-18)22(26)25-15-14-24(4)20(16-25)19-8-6-7-9-21(19)27-5/h6-13,20H,14-16H2,1-5H3. The van der Waals surface area contributed by atoms with Crippen LogP contribution in [-0.2, 0) is 5.41 Å². The van der Waals surface area contributed by atoms with Crippen molar-refractivity contribution in [2.24, 2.45) is 0 Å². The van der Waals surface area contributed by atoms with Gasteiger partial charge in [0.2, 0.25) is 0 Å². The van der Waals surface area contributed by atoms with Crippen molar-refractivity contribution in [3.05, 3.63) is 65.2 Å². The van der Waals surface area contributed by atoms with Crippen molar-refractivity contribution in [1.29, 1.82) is 0 Å². The molecular formula is C23H30N2O2. The second kappa shape index (κ2) is 7.73. The van der Waals surface area contributed by atoms with E-state index in [4.69, 9.17) is 4.74 Å². The molecule has 2 aromatic carbocycles. The molecule has 1 saturated heterocycles. The number of amides is 1. The summed E-state index contributed by atoms with van der Waals surface area (Å²) in [6, 6.07) is 16.3. The van der Waals surface area contributed by atoms with Crippen LogP contribution in [0.1, 0.15) is 48.3 Å². The first kappa shape index (κ1) is 19.4. The number of piperazine rings is 1. The quantitative estimate of drug-likeness (QED) is 0.819. The highest BCUT2D eigenvalue weighted by atomic mass is 16.5. The number of likely N-dealkylation sites (N-methyl/N-ethyl adjacent to an activating group) is 1. The third-order valence-electron chi connectivity index (χ3n) is 5.43. The summed E-state index contributed by atoms with van der Waals surface area (Å²) in [7, 11) is 3.80. The topological polar surface area (TPSA) is 32.8 Å². The van der Waals surface area contributed by atoms with Gasteiger partial charge in [-0.3, -0.25) is 9.69 Å². The number of hydrogen-bond acceptors (Lipinski definition) is 3. The van der Waals surface area contributed by atoms with Gasteiger partial charge < -0.3 is 9.64 Å². The molecular weight excluding hydrogens is 336 g/mol. The summed E-state index contributed by atoms with van der Waals surface area (Å²) >= 11 is 0. The first-order valence-corrected chi connectivity index (χ1v) is 9.54. The van der Waals surface area contributed by atoms with Crippen LogP contribution in [0, 0.1) is 0 Å². The van der Waals surface area contributed by atoms with E-state index in [1.807, 2.05) is 35.2 Å². The molecule has 1 atom stereocenters. The van der Waals surface area contributed by atoms with Gasteiger partial charge >= 0.3 is 0 Å². The van der Waals surface area contributed by atoms with Crippen LogP contribution in [0.25, 0.3) is 0 Å². The van der Waals surface area contributed by atoms with Crippen LogP contribution >= 0.6 is 0 Å². The summed E-state index contributed by atoms with van der Waals surface area (Å²) in [6.45, 7) is 8.79. The molecule has 0 spiro atoms. The Hall–Kier alpha value is -2.33. The lowest BCUT2D eigenvalue weighted by molar-refractivity contribution is 0.0542. The van der Waals surface area contributed by atoms with Crippen molar-refractivity contribution in [2.75, 3.05) is 33.8 Å². The molecule has 0 saturated carbocycles. The normalized spacial score (nSPS) is 18.4. The average Bonchev–Trinajstić information content (AvgIpc) is 2.67.